The summed E-state index contributed by atoms with van der Waals surface area (Å²) < 4.78 is 25.8. The van der Waals surface area contributed by atoms with E-state index in [1.54, 1.807) is 24.3 Å². The summed E-state index contributed by atoms with van der Waals surface area (Å²) in [5, 5.41) is 11.8. The number of nitrogens with zero attached hydrogens (tertiary/aromatic N) is 1. The highest BCUT2D eigenvalue weighted by molar-refractivity contribution is 5.17. The third-order valence-corrected chi connectivity index (χ3v) is 3.85. The average Bonchev–Trinajstić information content (AvgIpc) is 2.51. The monoisotopic (exact) mass is 320 g/mol. The number of benzene rings is 2. The molecule has 3 N–H and O–H groups in total. The molecule has 124 valence electrons. The Morgan fingerprint density at radius 3 is 1.96 bits per heavy atom. The molecule has 0 aliphatic carbocycles. The molecule has 2 aromatic rings. The first-order valence-corrected chi connectivity index (χ1v) is 7.60. The molecule has 0 saturated carbocycles. The molecule has 0 bridgehead atoms. The second kappa shape index (κ2) is 8.15. The van der Waals surface area contributed by atoms with Crippen LogP contribution in [0.15, 0.2) is 48.5 Å². The Labute approximate surface area is 135 Å². The predicted octanol–water partition coefficient (Wildman–Crippen LogP) is 2.88. The van der Waals surface area contributed by atoms with Gasteiger partial charge < -0.3 is 5.11 Å². The quantitative estimate of drug-likeness (QED) is 0.609. The normalized spacial score (nSPS) is 14.0. The van der Waals surface area contributed by atoms with Crippen LogP contribution in [-0.4, -0.2) is 22.8 Å². The van der Waals surface area contributed by atoms with Crippen LogP contribution in [0.2, 0.25) is 0 Å². The van der Waals surface area contributed by atoms with E-state index in [4.69, 9.17) is 5.84 Å². The number of rotatable bonds is 7. The van der Waals surface area contributed by atoms with E-state index in [2.05, 4.69) is 0 Å². The number of aliphatic hydroxyl groups is 1. The van der Waals surface area contributed by atoms with E-state index in [9.17, 15) is 13.9 Å². The minimum absolute atomic E-state index is 0.0141. The molecule has 0 heterocycles. The van der Waals surface area contributed by atoms with Gasteiger partial charge in [-0.2, -0.15) is 0 Å². The molecular formula is C18H22F2N2O. The Hall–Kier alpha value is -1.82. The van der Waals surface area contributed by atoms with E-state index in [-0.39, 0.29) is 17.6 Å². The highest BCUT2D eigenvalue weighted by atomic mass is 19.1. The molecule has 2 atom stereocenters. The summed E-state index contributed by atoms with van der Waals surface area (Å²) in [6.45, 7) is 2.67. The number of nitrogens with two attached hydrogens (primary N) is 1. The van der Waals surface area contributed by atoms with Crippen LogP contribution in [0.3, 0.4) is 0 Å². The topological polar surface area (TPSA) is 49.5 Å². The summed E-state index contributed by atoms with van der Waals surface area (Å²) >= 11 is 0. The van der Waals surface area contributed by atoms with E-state index in [0.29, 0.717) is 19.5 Å². The van der Waals surface area contributed by atoms with Crippen LogP contribution in [-0.2, 0) is 13.0 Å². The maximum atomic E-state index is 12.9. The van der Waals surface area contributed by atoms with Crippen molar-refractivity contribution in [1.82, 2.24) is 5.01 Å². The fourth-order valence-corrected chi connectivity index (χ4v) is 2.44. The number of hydrogen-bond donors (Lipinski definition) is 2. The van der Waals surface area contributed by atoms with Crippen LogP contribution in [0.4, 0.5) is 8.78 Å². The lowest BCUT2D eigenvalue weighted by Crippen LogP contribution is -2.40. The smallest absolute Gasteiger partial charge is 0.123 e. The van der Waals surface area contributed by atoms with Crippen molar-refractivity contribution in [2.45, 2.75) is 26.0 Å². The minimum Gasteiger partial charge on any atom is -0.391 e. The molecule has 0 aliphatic heterocycles. The molecule has 1 unspecified atom stereocenters. The van der Waals surface area contributed by atoms with Gasteiger partial charge in [0, 0.05) is 13.1 Å². The van der Waals surface area contributed by atoms with Gasteiger partial charge in [-0.1, -0.05) is 31.2 Å². The Bertz CT molecular complexity index is 601. The lowest BCUT2D eigenvalue weighted by molar-refractivity contribution is 0.0670. The van der Waals surface area contributed by atoms with E-state index in [1.807, 2.05) is 6.92 Å². The largest absolute Gasteiger partial charge is 0.391 e. The van der Waals surface area contributed by atoms with Gasteiger partial charge in [-0.3, -0.25) is 5.84 Å². The highest BCUT2D eigenvalue weighted by Gasteiger charge is 2.17. The molecule has 2 rings (SSSR count). The van der Waals surface area contributed by atoms with Crippen LogP contribution < -0.4 is 5.84 Å². The predicted molar refractivity (Wildman–Crippen MR) is 86.3 cm³/mol. The molecule has 0 spiro atoms. The number of hydrogen-bond acceptors (Lipinski definition) is 3. The van der Waals surface area contributed by atoms with Crippen LogP contribution in [0.25, 0.3) is 0 Å². The molecule has 5 heteroatoms. The molecule has 0 radical (unpaired) electrons. The first-order chi connectivity index (χ1) is 10.9. The van der Waals surface area contributed by atoms with Gasteiger partial charge in [0.25, 0.3) is 0 Å². The summed E-state index contributed by atoms with van der Waals surface area (Å²) in [7, 11) is 0. The zero-order valence-corrected chi connectivity index (χ0v) is 13.1. The molecule has 0 fully saturated rings. The SMILES string of the molecule is C[C@@H](Cc1ccc(F)cc1)C(O)CN(N)Cc1ccc(F)cc1. The molecule has 0 aliphatic rings. The summed E-state index contributed by atoms with van der Waals surface area (Å²) in [5.41, 5.74) is 1.85. The van der Waals surface area contributed by atoms with Gasteiger partial charge in [-0.05, 0) is 47.7 Å². The van der Waals surface area contributed by atoms with Gasteiger partial charge in [-0.25, -0.2) is 13.8 Å². The summed E-state index contributed by atoms with van der Waals surface area (Å²) in [4.78, 5) is 0. The third kappa shape index (κ3) is 5.71. The van der Waals surface area contributed by atoms with E-state index in [0.717, 1.165) is 11.1 Å². The highest BCUT2D eigenvalue weighted by Crippen LogP contribution is 2.14. The van der Waals surface area contributed by atoms with Gasteiger partial charge >= 0.3 is 0 Å². The second-order valence-corrected chi connectivity index (χ2v) is 5.93. The summed E-state index contributed by atoms with van der Waals surface area (Å²) in [6, 6.07) is 12.4. The molecule has 23 heavy (non-hydrogen) atoms. The van der Waals surface area contributed by atoms with Crippen molar-refractivity contribution >= 4 is 0 Å². The first-order valence-electron chi connectivity index (χ1n) is 7.60. The van der Waals surface area contributed by atoms with Crippen molar-refractivity contribution in [3.05, 3.63) is 71.3 Å². The fraction of sp³-hybridized carbons (Fsp3) is 0.333. The maximum Gasteiger partial charge on any atom is 0.123 e. The van der Waals surface area contributed by atoms with Gasteiger partial charge in [0.1, 0.15) is 11.6 Å². The Morgan fingerprint density at radius 1 is 0.957 bits per heavy atom. The van der Waals surface area contributed by atoms with Crippen molar-refractivity contribution in [2.75, 3.05) is 6.54 Å². The van der Waals surface area contributed by atoms with Crippen molar-refractivity contribution < 1.29 is 13.9 Å². The zero-order valence-electron chi connectivity index (χ0n) is 13.1. The van der Waals surface area contributed by atoms with Crippen molar-refractivity contribution in [2.24, 2.45) is 11.8 Å². The minimum atomic E-state index is -0.606. The van der Waals surface area contributed by atoms with E-state index < -0.39 is 6.10 Å². The molecule has 2 aromatic carbocycles. The Kier molecular flexibility index (Phi) is 6.21. The standard InChI is InChI=1S/C18H22F2N2O/c1-13(10-14-2-6-16(19)7-3-14)18(23)12-22(21)11-15-4-8-17(20)9-5-15/h2-9,13,18,23H,10-12,21H2,1H3/t13-,18?/m0/s1. The summed E-state index contributed by atoms with van der Waals surface area (Å²) in [6.07, 6.45) is 0.0387. The molecule has 0 saturated heterocycles. The van der Waals surface area contributed by atoms with Gasteiger partial charge in [0.2, 0.25) is 0 Å². The Morgan fingerprint density at radius 2 is 1.43 bits per heavy atom. The average molecular weight is 320 g/mol. The van der Waals surface area contributed by atoms with Crippen LogP contribution in [0.1, 0.15) is 18.1 Å². The number of hydrazine groups is 1. The second-order valence-electron chi connectivity index (χ2n) is 5.93. The Balaban J connectivity index is 1.83. The van der Waals surface area contributed by atoms with Crippen molar-refractivity contribution in [3.63, 3.8) is 0 Å². The van der Waals surface area contributed by atoms with Gasteiger partial charge in [0.05, 0.1) is 6.10 Å². The lowest BCUT2D eigenvalue weighted by atomic mass is 9.95. The molecule has 0 amide bonds. The maximum absolute atomic E-state index is 12.9. The number of aliphatic hydroxyl groups excluding tert-OH is 1. The van der Waals surface area contributed by atoms with Crippen LogP contribution >= 0.6 is 0 Å². The zero-order chi connectivity index (χ0) is 16.8. The third-order valence-electron chi connectivity index (χ3n) is 3.85. The van der Waals surface area contributed by atoms with E-state index in [1.165, 1.54) is 29.3 Å². The number of halogens is 2. The first kappa shape index (κ1) is 17.5. The summed E-state index contributed by atoms with van der Waals surface area (Å²) in [5.74, 6) is 5.36. The fourth-order valence-electron chi connectivity index (χ4n) is 2.44. The van der Waals surface area contributed by atoms with Crippen molar-refractivity contribution in [1.29, 1.82) is 0 Å². The lowest BCUT2D eigenvalue weighted by Gasteiger charge is -2.24. The van der Waals surface area contributed by atoms with Gasteiger partial charge in [-0.15, -0.1) is 0 Å². The van der Waals surface area contributed by atoms with Crippen LogP contribution in [0, 0.1) is 17.6 Å². The molecule has 3 nitrogen and oxygen atoms in total. The van der Waals surface area contributed by atoms with Crippen LogP contribution in [0.5, 0.6) is 0 Å². The molecular weight excluding hydrogens is 298 g/mol. The van der Waals surface area contributed by atoms with Crippen molar-refractivity contribution in [3.8, 4) is 0 Å². The van der Waals surface area contributed by atoms with Gasteiger partial charge in [0.15, 0.2) is 0 Å². The molecule has 0 aromatic heterocycles. The van der Waals surface area contributed by atoms with E-state index >= 15 is 0 Å².